The molecule has 8 heteroatoms. The van der Waals surface area contributed by atoms with E-state index >= 15 is 0 Å². The summed E-state index contributed by atoms with van der Waals surface area (Å²) in [4.78, 5) is 4.44. The zero-order valence-electron chi connectivity index (χ0n) is 19.4. The first kappa shape index (κ1) is 23.1. The van der Waals surface area contributed by atoms with Crippen molar-refractivity contribution in [3.05, 3.63) is 69.1 Å². The monoisotopic (exact) mass is 512 g/mol. The van der Waals surface area contributed by atoms with Crippen molar-refractivity contribution in [1.29, 1.82) is 0 Å². The first-order chi connectivity index (χ1) is 16.9. The van der Waals surface area contributed by atoms with E-state index < -0.39 is 5.60 Å². The molecular formula is C27H26ClFN2O3S. The van der Waals surface area contributed by atoms with Gasteiger partial charge in [0, 0.05) is 17.0 Å². The number of nitrogens with zero attached hydrogens (tertiary/aromatic N) is 2. The van der Waals surface area contributed by atoms with Crippen molar-refractivity contribution in [1.82, 2.24) is 10.1 Å². The van der Waals surface area contributed by atoms with Crippen molar-refractivity contribution in [2.75, 3.05) is 0 Å². The van der Waals surface area contributed by atoms with Crippen LogP contribution in [-0.2, 0) is 16.9 Å². The van der Waals surface area contributed by atoms with Crippen LogP contribution in [0.4, 0.5) is 4.39 Å². The van der Waals surface area contributed by atoms with Gasteiger partial charge in [-0.05, 0) is 69.2 Å². The molecule has 6 rings (SSSR count). The minimum atomic E-state index is -1.05. The number of fused-ring (bicyclic) bond motifs is 1. The van der Waals surface area contributed by atoms with Crippen LogP contribution in [0.25, 0.3) is 21.5 Å². The highest BCUT2D eigenvalue weighted by atomic mass is 35.5. The number of aromatic nitrogens is 2. The average molecular weight is 513 g/mol. The minimum Gasteiger partial charge on any atom is -0.383 e. The summed E-state index contributed by atoms with van der Waals surface area (Å²) in [5.74, 6) is 0.951. The number of benzene rings is 2. The smallest absolute Gasteiger partial charge is 0.150 e. The summed E-state index contributed by atoms with van der Waals surface area (Å²) in [6.45, 7) is 2.41. The molecule has 0 atom stereocenters. The van der Waals surface area contributed by atoms with Gasteiger partial charge in [0.1, 0.15) is 33.4 Å². The summed E-state index contributed by atoms with van der Waals surface area (Å²) in [6, 6.07) is 10.7. The Labute approximate surface area is 211 Å². The third-order valence-electron chi connectivity index (χ3n) is 7.22. The lowest BCUT2D eigenvalue weighted by molar-refractivity contribution is -0.0641. The molecule has 2 aromatic carbocycles. The molecule has 1 N–H and O–H groups in total. The zero-order valence-corrected chi connectivity index (χ0v) is 21.0. The van der Waals surface area contributed by atoms with E-state index in [2.05, 4.69) is 10.1 Å². The standard InChI is InChI=1S/C27H26ClFN2O3S/c1-15-4-2-5-19(28)22(15)23-18(25(34-31-23)16-8-9-16)14-33-17-10-12-27(32,13-11-17)26-30-24-20(29)6-3-7-21(24)35-26/h2-7,16-17,32H,8-14H2,1H3. The van der Waals surface area contributed by atoms with Crippen LogP contribution < -0.4 is 0 Å². The number of thiazole rings is 1. The lowest BCUT2D eigenvalue weighted by atomic mass is 9.83. The Morgan fingerprint density at radius 2 is 1.94 bits per heavy atom. The second-order valence-electron chi connectivity index (χ2n) is 9.73. The quantitative estimate of drug-likeness (QED) is 0.294. The van der Waals surface area contributed by atoms with Gasteiger partial charge in [-0.25, -0.2) is 9.37 Å². The van der Waals surface area contributed by atoms with Gasteiger partial charge in [-0.3, -0.25) is 0 Å². The molecular weight excluding hydrogens is 487 g/mol. The van der Waals surface area contributed by atoms with E-state index in [-0.39, 0.29) is 11.9 Å². The highest BCUT2D eigenvalue weighted by molar-refractivity contribution is 7.18. The van der Waals surface area contributed by atoms with E-state index in [1.54, 1.807) is 6.07 Å². The van der Waals surface area contributed by atoms with Gasteiger partial charge < -0.3 is 14.4 Å². The van der Waals surface area contributed by atoms with Gasteiger partial charge in [0.05, 0.1) is 22.4 Å². The molecule has 0 radical (unpaired) electrons. The topological polar surface area (TPSA) is 68.4 Å². The Morgan fingerprint density at radius 3 is 2.66 bits per heavy atom. The lowest BCUT2D eigenvalue weighted by Gasteiger charge is -2.34. The molecule has 5 nitrogen and oxygen atoms in total. The Hall–Kier alpha value is -2.32. The maximum absolute atomic E-state index is 14.1. The van der Waals surface area contributed by atoms with Crippen molar-refractivity contribution in [2.24, 2.45) is 0 Å². The Bertz CT molecular complexity index is 1370. The number of aliphatic hydroxyl groups is 1. The van der Waals surface area contributed by atoms with Gasteiger partial charge >= 0.3 is 0 Å². The lowest BCUT2D eigenvalue weighted by Crippen LogP contribution is -2.34. The maximum Gasteiger partial charge on any atom is 0.150 e. The van der Waals surface area contributed by atoms with Crippen LogP contribution >= 0.6 is 22.9 Å². The Morgan fingerprint density at radius 1 is 1.17 bits per heavy atom. The second-order valence-corrected chi connectivity index (χ2v) is 11.2. The molecule has 2 aliphatic carbocycles. The number of halogens is 2. The third kappa shape index (κ3) is 4.29. The van der Waals surface area contributed by atoms with E-state index in [1.807, 2.05) is 31.2 Å². The third-order valence-corrected chi connectivity index (χ3v) is 8.75. The van der Waals surface area contributed by atoms with E-state index in [0.29, 0.717) is 53.8 Å². The zero-order chi connectivity index (χ0) is 24.2. The first-order valence-corrected chi connectivity index (χ1v) is 13.3. The van der Waals surface area contributed by atoms with Gasteiger partial charge in [0.25, 0.3) is 0 Å². The van der Waals surface area contributed by atoms with Gasteiger partial charge in [0.2, 0.25) is 0 Å². The predicted octanol–water partition coefficient (Wildman–Crippen LogP) is 7.28. The molecule has 35 heavy (non-hydrogen) atoms. The van der Waals surface area contributed by atoms with Crippen molar-refractivity contribution < 1.29 is 18.8 Å². The maximum atomic E-state index is 14.1. The summed E-state index contributed by atoms with van der Waals surface area (Å²) in [6.07, 6.45) is 4.64. The number of hydrogen-bond donors (Lipinski definition) is 1. The molecule has 2 fully saturated rings. The number of ether oxygens (including phenoxy) is 1. The van der Waals surface area contributed by atoms with Crippen LogP contribution in [0.5, 0.6) is 0 Å². The van der Waals surface area contributed by atoms with E-state index in [0.717, 1.165) is 45.7 Å². The molecule has 0 aliphatic heterocycles. The summed E-state index contributed by atoms with van der Waals surface area (Å²) in [5.41, 5.74) is 2.97. The van der Waals surface area contributed by atoms with Crippen molar-refractivity contribution in [3.63, 3.8) is 0 Å². The first-order valence-electron chi connectivity index (χ1n) is 12.1. The van der Waals surface area contributed by atoms with E-state index in [1.165, 1.54) is 17.4 Å². The molecule has 0 amide bonds. The molecule has 182 valence electrons. The highest BCUT2D eigenvalue weighted by Gasteiger charge is 2.39. The molecule has 4 aromatic rings. The Kier molecular flexibility index (Phi) is 5.92. The molecule has 0 spiro atoms. The average Bonchev–Trinajstić information content (AvgIpc) is 3.44. The van der Waals surface area contributed by atoms with Gasteiger partial charge in [0.15, 0.2) is 0 Å². The van der Waals surface area contributed by atoms with E-state index in [9.17, 15) is 9.50 Å². The SMILES string of the molecule is Cc1cccc(Cl)c1-c1noc(C2CC2)c1COC1CCC(O)(c2nc3c(F)cccc3s2)CC1. The number of para-hydroxylation sites is 1. The normalized spacial score (nSPS) is 22.7. The number of rotatable bonds is 6. The summed E-state index contributed by atoms with van der Waals surface area (Å²) in [5, 5.41) is 17.0. The second kappa shape index (κ2) is 8.96. The molecule has 0 bridgehead atoms. The highest BCUT2D eigenvalue weighted by Crippen LogP contribution is 2.46. The number of hydrogen-bond acceptors (Lipinski definition) is 6. The van der Waals surface area contributed by atoms with Crippen LogP contribution in [0.3, 0.4) is 0 Å². The van der Waals surface area contributed by atoms with Crippen LogP contribution in [-0.4, -0.2) is 21.4 Å². The van der Waals surface area contributed by atoms with Crippen molar-refractivity contribution >= 4 is 33.2 Å². The number of aryl methyl sites for hydroxylation is 1. The summed E-state index contributed by atoms with van der Waals surface area (Å²) in [7, 11) is 0. The molecule has 0 unspecified atom stereocenters. The largest absolute Gasteiger partial charge is 0.383 e. The molecule has 0 saturated heterocycles. The minimum absolute atomic E-state index is 0.00327. The van der Waals surface area contributed by atoms with Crippen molar-refractivity contribution in [2.45, 2.75) is 69.7 Å². The molecule has 2 aliphatic rings. The van der Waals surface area contributed by atoms with Crippen LogP contribution in [0.2, 0.25) is 5.02 Å². The van der Waals surface area contributed by atoms with Gasteiger partial charge in [-0.15, -0.1) is 11.3 Å². The fourth-order valence-corrected chi connectivity index (χ4v) is 6.46. The van der Waals surface area contributed by atoms with Crippen LogP contribution in [0.1, 0.15) is 66.3 Å². The summed E-state index contributed by atoms with van der Waals surface area (Å²) >= 11 is 7.91. The Balaban J connectivity index is 1.18. The molecule has 2 heterocycles. The van der Waals surface area contributed by atoms with Gasteiger partial charge in [-0.1, -0.05) is 35.0 Å². The molecule has 2 saturated carbocycles. The fourth-order valence-electron chi connectivity index (χ4n) is 5.02. The molecule has 2 aromatic heterocycles. The fraction of sp³-hybridized carbons (Fsp3) is 0.407. The van der Waals surface area contributed by atoms with E-state index in [4.69, 9.17) is 20.9 Å². The van der Waals surface area contributed by atoms with Gasteiger partial charge in [-0.2, -0.15) is 0 Å². The summed E-state index contributed by atoms with van der Waals surface area (Å²) < 4.78 is 27.0. The van der Waals surface area contributed by atoms with Crippen LogP contribution in [0, 0.1) is 12.7 Å². The van der Waals surface area contributed by atoms with Crippen LogP contribution in [0.15, 0.2) is 40.9 Å². The van der Waals surface area contributed by atoms with Crippen molar-refractivity contribution in [3.8, 4) is 11.3 Å². The predicted molar refractivity (Wildman–Crippen MR) is 134 cm³/mol.